The summed E-state index contributed by atoms with van der Waals surface area (Å²) >= 11 is 4.08. The molecular formula is C17H31N5O6S. The summed E-state index contributed by atoms with van der Waals surface area (Å²) in [6.07, 6.45) is 2.40. The molecule has 29 heavy (non-hydrogen) atoms. The molecule has 1 aliphatic rings. The highest BCUT2D eigenvalue weighted by molar-refractivity contribution is 7.80. The number of nitrogens with one attached hydrogen (secondary N) is 2. The van der Waals surface area contributed by atoms with Gasteiger partial charge >= 0.3 is 5.97 Å². The highest BCUT2D eigenvalue weighted by atomic mass is 32.1. The maximum atomic E-state index is 12.8. The van der Waals surface area contributed by atoms with Crippen molar-refractivity contribution in [1.29, 1.82) is 0 Å². The van der Waals surface area contributed by atoms with Gasteiger partial charge in [-0.3, -0.25) is 14.4 Å². The minimum absolute atomic E-state index is 0.0234. The first kappa shape index (κ1) is 25.1. The fourth-order valence-electron chi connectivity index (χ4n) is 3.07. The molecule has 166 valence electrons. The zero-order chi connectivity index (χ0) is 22.0. The summed E-state index contributed by atoms with van der Waals surface area (Å²) in [4.78, 5) is 50.1. The summed E-state index contributed by atoms with van der Waals surface area (Å²) < 4.78 is 0. The Morgan fingerprint density at radius 2 is 1.86 bits per heavy atom. The predicted molar refractivity (Wildman–Crippen MR) is 108 cm³/mol. The lowest BCUT2D eigenvalue weighted by molar-refractivity contribution is -0.144. The standard InChI is InChI=1S/C17H31N5O6S/c18-6-2-1-4-11(17(27)28)20-15(25)13-5-3-7-22(13)16(26)12(9-29)21-14(24)10(19)8-23/h10-13,23,29H,1-9,18-19H2,(H,20,25)(H,21,24)(H,27,28). The third-order valence-corrected chi connectivity index (χ3v) is 5.10. The first-order chi connectivity index (χ1) is 13.8. The summed E-state index contributed by atoms with van der Waals surface area (Å²) in [5.41, 5.74) is 10.9. The van der Waals surface area contributed by atoms with Crippen LogP contribution in [-0.2, 0) is 19.2 Å². The summed E-state index contributed by atoms with van der Waals surface area (Å²) in [6, 6.07) is -4.08. The van der Waals surface area contributed by atoms with Crippen molar-refractivity contribution in [2.45, 2.75) is 56.3 Å². The topological polar surface area (TPSA) is 188 Å². The lowest BCUT2D eigenvalue weighted by atomic mass is 10.1. The van der Waals surface area contributed by atoms with Gasteiger partial charge in [0.05, 0.1) is 6.61 Å². The highest BCUT2D eigenvalue weighted by Gasteiger charge is 2.38. The second-order valence-corrected chi connectivity index (χ2v) is 7.27. The molecule has 0 aromatic carbocycles. The van der Waals surface area contributed by atoms with E-state index in [0.717, 1.165) is 0 Å². The van der Waals surface area contributed by atoms with Crippen LogP contribution in [-0.4, -0.2) is 88.4 Å². The number of hydrogen-bond donors (Lipinski definition) is 7. The number of unbranched alkanes of at least 4 members (excludes halogenated alkanes) is 1. The van der Waals surface area contributed by atoms with Gasteiger partial charge in [-0.05, 0) is 38.6 Å². The molecule has 1 fully saturated rings. The van der Waals surface area contributed by atoms with E-state index in [2.05, 4.69) is 23.3 Å². The van der Waals surface area contributed by atoms with Crippen LogP contribution >= 0.6 is 12.6 Å². The minimum Gasteiger partial charge on any atom is -0.480 e. The molecule has 3 amide bonds. The number of nitrogens with two attached hydrogens (primary N) is 2. The van der Waals surface area contributed by atoms with Crippen molar-refractivity contribution >= 4 is 36.3 Å². The van der Waals surface area contributed by atoms with Gasteiger partial charge in [0.15, 0.2) is 0 Å². The molecule has 11 nitrogen and oxygen atoms in total. The Kier molecular flexibility index (Phi) is 10.9. The molecule has 4 unspecified atom stereocenters. The number of aliphatic hydroxyl groups excluding tert-OH is 1. The maximum absolute atomic E-state index is 12.8. The van der Waals surface area contributed by atoms with E-state index in [1.165, 1.54) is 4.90 Å². The van der Waals surface area contributed by atoms with Gasteiger partial charge in [0.25, 0.3) is 0 Å². The monoisotopic (exact) mass is 433 g/mol. The van der Waals surface area contributed by atoms with Crippen LogP contribution in [0.3, 0.4) is 0 Å². The molecule has 0 radical (unpaired) electrons. The van der Waals surface area contributed by atoms with Crippen molar-refractivity contribution in [3.8, 4) is 0 Å². The minimum atomic E-state index is -1.17. The van der Waals surface area contributed by atoms with Gasteiger partial charge in [0, 0.05) is 12.3 Å². The molecule has 1 saturated heterocycles. The van der Waals surface area contributed by atoms with E-state index in [-0.39, 0.29) is 12.2 Å². The van der Waals surface area contributed by atoms with Gasteiger partial charge in [-0.1, -0.05) is 0 Å². The van der Waals surface area contributed by atoms with Crippen molar-refractivity contribution in [3.63, 3.8) is 0 Å². The fraction of sp³-hybridized carbons (Fsp3) is 0.765. The lowest BCUT2D eigenvalue weighted by Gasteiger charge is -2.29. The van der Waals surface area contributed by atoms with Crippen LogP contribution in [0.4, 0.5) is 0 Å². The van der Waals surface area contributed by atoms with Crippen molar-refractivity contribution in [3.05, 3.63) is 0 Å². The Bertz CT molecular complexity index is 593. The van der Waals surface area contributed by atoms with Crippen molar-refractivity contribution in [1.82, 2.24) is 15.5 Å². The van der Waals surface area contributed by atoms with E-state index < -0.39 is 54.5 Å². The molecule has 0 bridgehead atoms. The molecule has 1 aliphatic heterocycles. The van der Waals surface area contributed by atoms with Gasteiger partial charge in [-0.25, -0.2) is 4.79 Å². The Labute approximate surface area is 175 Å². The average Bonchev–Trinajstić information content (AvgIpc) is 3.19. The molecule has 0 aliphatic carbocycles. The van der Waals surface area contributed by atoms with Crippen LogP contribution in [0.25, 0.3) is 0 Å². The number of likely N-dealkylation sites (tertiary alicyclic amines) is 1. The fourth-order valence-corrected chi connectivity index (χ4v) is 3.32. The van der Waals surface area contributed by atoms with Crippen molar-refractivity contribution < 1.29 is 29.4 Å². The van der Waals surface area contributed by atoms with Crippen LogP contribution in [0, 0.1) is 0 Å². The molecule has 0 saturated carbocycles. The number of rotatable bonds is 12. The third-order valence-electron chi connectivity index (χ3n) is 4.73. The molecule has 0 aromatic heterocycles. The van der Waals surface area contributed by atoms with E-state index in [1.807, 2.05) is 0 Å². The van der Waals surface area contributed by atoms with Crippen molar-refractivity contribution in [2.24, 2.45) is 11.5 Å². The zero-order valence-corrected chi connectivity index (χ0v) is 17.1. The molecule has 4 atom stereocenters. The van der Waals surface area contributed by atoms with Gasteiger partial charge in [-0.2, -0.15) is 12.6 Å². The molecule has 1 heterocycles. The quantitative estimate of drug-likeness (QED) is 0.129. The molecule has 1 rings (SSSR count). The molecule has 12 heteroatoms. The van der Waals surface area contributed by atoms with Gasteiger partial charge in [0.2, 0.25) is 17.7 Å². The molecular weight excluding hydrogens is 402 g/mol. The smallest absolute Gasteiger partial charge is 0.326 e. The van der Waals surface area contributed by atoms with Crippen LogP contribution in [0.5, 0.6) is 0 Å². The van der Waals surface area contributed by atoms with Gasteiger partial charge in [0.1, 0.15) is 24.2 Å². The lowest BCUT2D eigenvalue weighted by Crippen LogP contribution is -2.57. The van der Waals surface area contributed by atoms with Crippen LogP contribution in [0.15, 0.2) is 0 Å². The number of hydrogen-bond acceptors (Lipinski definition) is 8. The zero-order valence-electron chi connectivity index (χ0n) is 16.2. The average molecular weight is 434 g/mol. The summed E-state index contributed by atoms with van der Waals surface area (Å²) in [6.45, 7) is 0.158. The Hall–Kier alpha value is -1.89. The molecule has 8 N–H and O–H groups in total. The van der Waals surface area contributed by atoms with Gasteiger partial charge in [-0.15, -0.1) is 0 Å². The molecule has 0 aromatic rings. The Morgan fingerprint density at radius 1 is 1.17 bits per heavy atom. The summed E-state index contributed by atoms with van der Waals surface area (Å²) in [5, 5.41) is 23.2. The highest BCUT2D eigenvalue weighted by Crippen LogP contribution is 2.19. The van der Waals surface area contributed by atoms with Gasteiger partial charge < -0.3 is 37.2 Å². The first-order valence-corrected chi connectivity index (χ1v) is 10.2. The number of aliphatic carboxylic acids is 1. The largest absolute Gasteiger partial charge is 0.480 e. The van der Waals surface area contributed by atoms with Crippen LogP contribution in [0.1, 0.15) is 32.1 Å². The third kappa shape index (κ3) is 7.46. The van der Waals surface area contributed by atoms with Crippen molar-refractivity contribution in [2.75, 3.05) is 25.4 Å². The number of carboxylic acid groups (broad SMARTS) is 1. The van der Waals surface area contributed by atoms with E-state index >= 15 is 0 Å². The summed E-state index contributed by atoms with van der Waals surface area (Å²) in [5.74, 6) is -2.93. The number of amides is 3. The van der Waals surface area contributed by atoms with E-state index in [9.17, 15) is 24.3 Å². The number of carbonyl (C=O) groups excluding carboxylic acids is 3. The van der Waals surface area contributed by atoms with E-state index in [4.69, 9.17) is 16.6 Å². The number of nitrogens with zero attached hydrogens (tertiary/aromatic N) is 1. The second kappa shape index (κ2) is 12.6. The number of carbonyl (C=O) groups is 4. The Morgan fingerprint density at radius 3 is 2.41 bits per heavy atom. The predicted octanol–water partition coefficient (Wildman–Crippen LogP) is -2.59. The number of thiol groups is 1. The molecule has 0 spiro atoms. The van der Waals surface area contributed by atoms with Crippen LogP contribution in [0.2, 0.25) is 0 Å². The number of carboxylic acids is 1. The Balaban J connectivity index is 2.78. The SMILES string of the molecule is NCCCCC(NC(=O)C1CCCN1C(=O)C(CS)NC(=O)C(N)CO)C(=O)O. The van der Waals surface area contributed by atoms with Crippen LogP contribution < -0.4 is 22.1 Å². The maximum Gasteiger partial charge on any atom is 0.326 e. The first-order valence-electron chi connectivity index (χ1n) is 9.58. The van der Waals surface area contributed by atoms with E-state index in [1.54, 1.807) is 0 Å². The second-order valence-electron chi connectivity index (χ2n) is 6.91. The number of aliphatic hydroxyl groups is 1. The summed E-state index contributed by atoms with van der Waals surface area (Å²) in [7, 11) is 0. The normalized spacial score (nSPS) is 19.3. The van der Waals surface area contributed by atoms with E-state index in [0.29, 0.717) is 38.8 Å².